The van der Waals surface area contributed by atoms with Gasteiger partial charge in [-0.2, -0.15) is 8.42 Å². The number of amides is 3. The lowest BCUT2D eigenvalue weighted by atomic mass is 10.2. The molecule has 1 heterocycles. The maximum Gasteiger partial charge on any atom is 0.339 e. The molecule has 0 bridgehead atoms. The van der Waals surface area contributed by atoms with Crippen LogP contribution in [0.25, 0.3) is 6.08 Å². The maximum atomic E-state index is 13.0. The third-order valence-electron chi connectivity index (χ3n) is 5.72. The van der Waals surface area contributed by atoms with Crippen molar-refractivity contribution in [3.63, 3.8) is 0 Å². The second kappa shape index (κ2) is 13.2. The van der Waals surface area contributed by atoms with E-state index in [0.717, 1.165) is 16.7 Å². The Morgan fingerprint density at radius 3 is 2.31 bits per heavy atom. The number of carbonyl (C=O) groups is 3. The first kappa shape index (κ1) is 30.8. The molecular weight excluding hydrogens is 608 g/mol. The molecule has 3 aromatic carbocycles. The van der Waals surface area contributed by atoms with Crippen LogP contribution in [0, 0.1) is 0 Å². The van der Waals surface area contributed by atoms with Gasteiger partial charge in [-0.3, -0.25) is 19.3 Å². The fourth-order valence-electron chi connectivity index (χ4n) is 3.80. The lowest BCUT2D eigenvalue weighted by Gasteiger charge is -2.15. The van der Waals surface area contributed by atoms with Gasteiger partial charge in [0.1, 0.15) is 11.5 Å². The first-order valence-corrected chi connectivity index (χ1v) is 14.8. The van der Waals surface area contributed by atoms with Crippen LogP contribution >= 0.6 is 23.4 Å². The highest BCUT2D eigenvalue weighted by Gasteiger charge is 2.35. The van der Waals surface area contributed by atoms with Gasteiger partial charge in [0.05, 0.1) is 30.7 Å². The van der Waals surface area contributed by atoms with E-state index < -0.39 is 21.3 Å². The number of imide groups is 1. The van der Waals surface area contributed by atoms with Gasteiger partial charge in [-0.15, -0.1) is 0 Å². The number of nitrogens with one attached hydrogen (secondary N) is 1. The van der Waals surface area contributed by atoms with Crippen molar-refractivity contribution in [2.45, 2.75) is 11.8 Å². The van der Waals surface area contributed by atoms with Crippen LogP contribution in [0.2, 0.25) is 5.02 Å². The van der Waals surface area contributed by atoms with E-state index in [0.29, 0.717) is 22.7 Å². The molecule has 1 saturated heterocycles. The molecule has 0 atom stereocenters. The van der Waals surface area contributed by atoms with Crippen molar-refractivity contribution >= 4 is 62.3 Å². The van der Waals surface area contributed by atoms with E-state index in [-0.39, 0.29) is 45.4 Å². The van der Waals surface area contributed by atoms with Crippen molar-refractivity contribution < 1.29 is 41.2 Å². The summed E-state index contributed by atoms with van der Waals surface area (Å²) in [5, 5.41) is 1.97. The summed E-state index contributed by atoms with van der Waals surface area (Å²) in [5.74, 6) is -0.0934. The number of thioether (sulfide) groups is 1. The van der Waals surface area contributed by atoms with Crippen LogP contribution < -0.4 is 23.7 Å². The molecular formula is C28H25ClN2O9S2. The van der Waals surface area contributed by atoms with E-state index in [4.69, 9.17) is 30.0 Å². The zero-order chi connectivity index (χ0) is 30.4. The number of hydrogen-bond acceptors (Lipinski definition) is 10. The Balaban J connectivity index is 1.48. The van der Waals surface area contributed by atoms with Gasteiger partial charge in [-0.25, -0.2) is 0 Å². The van der Waals surface area contributed by atoms with Gasteiger partial charge in [0.2, 0.25) is 11.7 Å². The zero-order valence-corrected chi connectivity index (χ0v) is 25.0. The minimum absolute atomic E-state index is 0.0144. The molecule has 42 heavy (non-hydrogen) atoms. The second-order valence-corrected chi connectivity index (χ2v) is 11.6. The lowest BCUT2D eigenvalue weighted by molar-refractivity contribution is -0.123. The molecule has 0 saturated carbocycles. The van der Waals surface area contributed by atoms with E-state index in [1.165, 1.54) is 63.6 Å². The molecule has 11 nitrogen and oxygen atoms in total. The normalized spacial score (nSPS) is 14.2. The average Bonchev–Trinajstić information content (AvgIpc) is 3.21. The molecule has 4 rings (SSSR count). The van der Waals surface area contributed by atoms with Crippen LogP contribution in [0.3, 0.4) is 0 Å². The smallest absolute Gasteiger partial charge is 0.339 e. The third-order valence-corrected chi connectivity index (χ3v) is 8.14. The first-order valence-electron chi connectivity index (χ1n) is 12.2. The fraction of sp³-hybridized carbons (Fsp3) is 0.179. The molecule has 14 heteroatoms. The highest BCUT2D eigenvalue weighted by Crippen LogP contribution is 2.40. The van der Waals surface area contributed by atoms with Gasteiger partial charge in [-0.05, 0) is 71.9 Å². The van der Waals surface area contributed by atoms with E-state index in [2.05, 4.69) is 5.32 Å². The minimum atomic E-state index is -4.33. The molecule has 1 aliphatic heterocycles. The summed E-state index contributed by atoms with van der Waals surface area (Å²) in [5.41, 5.74) is 0.784. The number of para-hydroxylation sites is 2. The molecule has 0 radical (unpaired) electrons. The van der Waals surface area contributed by atoms with Gasteiger partial charge in [-0.1, -0.05) is 23.7 Å². The number of halogens is 1. The second-order valence-electron chi connectivity index (χ2n) is 8.61. The Kier molecular flexibility index (Phi) is 9.66. The van der Waals surface area contributed by atoms with E-state index >= 15 is 0 Å². The highest BCUT2D eigenvalue weighted by molar-refractivity contribution is 8.18. The van der Waals surface area contributed by atoms with Gasteiger partial charge in [0, 0.05) is 12.6 Å². The topological polar surface area (TPSA) is 138 Å². The Bertz CT molecular complexity index is 1660. The molecule has 1 N–H and O–H groups in total. The molecule has 3 amide bonds. The van der Waals surface area contributed by atoms with Crippen molar-refractivity contribution in [3.05, 3.63) is 76.2 Å². The largest absolute Gasteiger partial charge is 0.493 e. The molecule has 3 aromatic rings. The highest BCUT2D eigenvalue weighted by atomic mass is 35.5. The van der Waals surface area contributed by atoms with Gasteiger partial charge >= 0.3 is 10.1 Å². The molecule has 220 valence electrons. The van der Waals surface area contributed by atoms with Crippen LogP contribution in [0.5, 0.6) is 23.0 Å². The Labute approximate surface area is 251 Å². The molecule has 0 aliphatic carbocycles. The standard InChI is InChI=1S/C28H25ClN2O9S2/c1-17(32)30-19-8-10-20(11-9-19)42(35,36)40-26-21(29)14-18(15-24(26)38-3)16-25-27(33)31(28(34)41-25)12-13-39-23-7-5-4-6-22(23)37-2/h4-11,14-16H,12-13H2,1-3H3,(H,30,32)/b25-16-. The molecule has 0 unspecified atom stereocenters. The molecule has 1 fully saturated rings. The minimum Gasteiger partial charge on any atom is -0.493 e. The number of nitrogens with zero attached hydrogens (tertiary/aromatic N) is 1. The number of hydrogen-bond donors (Lipinski definition) is 1. The van der Waals surface area contributed by atoms with Crippen LogP contribution in [0.1, 0.15) is 12.5 Å². The van der Waals surface area contributed by atoms with Crippen LogP contribution in [-0.2, 0) is 19.7 Å². The number of anilines is 1. The van der Waals surface area contributed by atoms with Crippen molar-refractivity contribution in [2.24, 2.45) is 0 Å². The maximum absolute atomic E-state index is 13.0. The monoisotopic (exact) mass is 632 g/mol. The number of carbonyl (C=O) groups excluding carboxylic acids is 3. The van der Waals surface area contributed by atoms with Gasteiger partial charge < -0.3 is 23.7 Å². The Hall–Kier alpha value is -4.20. The number of rotatable bonds is 11. The van der Waals surface area contributed by atoms with Crippen LogP contribution in [0.4, 0.5) is 10.5 Å². The summed E-state index contributed by atoms with van der Waals surface area (Å²) in [6.45, 7) is 1.40. The summed E-state index contributed by atoms with van der Waals surface area (Å²) >= 11 is 7.13. The fourth-order valence-corrected chi connectivity index (χ4v) is 5.92. The average molecular weight is 633 g/mol. The number of methoxy groups -OCH3 is 2. The Morgan fingerprint density at radius 1 is 1.00 bits per heavy atom. The Morgan fingerprint density at radius 2 is 1.67 bits per heavy atom. The molecule has 0 aromatic heterocycles. The summed E-state index contributed by atoms with van der Waals surface area (Å²) in [4.78, 5) is 37.7. The van der Waals surface area contributed by atoms with Gasteiger partial charge in [0.15, 0.2) is 17.2 Å². The van der Waals surface area contributed by atoms with Crippen molar-refractivity contribution in [1.29, 1.82) is 0 Å². The molecule has 1 aliphatic rings. The predicted molar refractivity (Wildman–Crippen MR) is 158 cm³/mol. The van der Waals surface area contributed by atoms with Crippen molar-refractivity contribution in [1.82, 2.24) is 4.90 Å². The molecule has 0 spiro atoms. The van der Waals surface area contributed by atoms with Crippen LogP contribution in [0.15, 0.2) is 70.5 Å². The summed E-state index contributed by atoms with van der Waals surface area (Å²) in [6, 6.07) is 15.2. The van der Waals surface area contributed by atoms with Gasteiger partial charge in [0.25, 0.3) is 11.1 Å². The van der Waals surface area contributed by atoms with E-state index in [1.807, 2.05) is 0 Å². The lowest BCUT2D eigenvalue weighted by Crippen LogP contribution is -2.32. The summed E-state index contributed by atoms with van der Waals surface area (Å²) < 4.78 is 47.3. The zero-order valence-electron chi connectivity index (χ0n) is 22.6. The SMILES string of the molecule is COc1ccccc1OCCN1C(=O)S/C(=C\c2cc(Cl)c(OS(=O)(=O)c3ccc(NC(C)=O)cc3)c(OC)c2)C1=O. The third kappa shape index (κ3) is 7.16. The van der Waals surface area contributed by atoms with E-state index in [9.17, 15) is 22.8 Å². The quantitative estimate of drug-likeness (QED) is 0.222. The number of benzene rings is 3. The van der Waals surface area contributed by atoms with Crippen molar-refractivity contribution in [3.8, 4) is 23.0 Å². The first-order chi connectivity index (χ1) is 20.0. The summed E-state index contributed by atoms with van der Waals surface area (Å²) in [7, 11) is -1.52. The van der Waals surface area contributed by atoms with Crippen molar-refractivity contribution in [2.75, 3.05) is 32.7 Å². The predicted octanol–water partition coefficient (Wildman–Crippen LogP) is 5.20. The van der Waals surface area contributed by atoms with Crippen LogP contribution in [-0.4, -0.2) is 57.7 Å². The van der Waals surface area contributed by atoms with E-state index in [1.54, 1.807) is 24.3 Å². The number of ether oxygens (including phenoxy) is 3. The summed E-state index contributed by atoms with van der Waals surface area (Å²) in [6.07, 6.45) is 1.44.